The molecule has 0 atom stereocenters. The zero-order valence-corrected chi connectivity index (χ0v) is 15.9. The maximum absolute atomic E-state index is 10.3. The molecule has 140 valence electrons. The van der Waals surface area contributed by atoms with E-state index in [1.54, 1.807) is 6.07 Å². The number of phenols is 1. The molecule has 1 N–H and O–H groups in total. The van der Waals surface area contributed by atoms with E-state index in [1.165, 1.54) is 0 Å². The van der Waals surface area contributed by atoms with Gasteiger partial charge < -0.3 is 14.7 Å². The van der Waals surface area contributed by atoms with Crippen molar-refractivity contribution in [3.05, 3.63) is 48.0 Å². The molecule has 3 aromatic rings. The summed E-state index contributed by atoms with van der Waals surface area (Å²) < 4.78 is 5.49. The van der Waals surface area contributed by atoms with Gasteiger partial charge in [0.05, 0.1) is 11.1 Å². The van der Waals surface area contributed by atoms with Gasteiger partial charge in [0.2, 0.25) is 0 Å². The van der Waals surface area contributed by atoms with Gasteiger partial charge in [0.25, 0.3) is 0 Å². The molecule has 1 aromatic heterocycles. The van der Waals surface area contributed by atoms with Gasteiger partial charge in [0, 0.05) is 32.2 Å². The van der Waals surface area contributed by atoms with Crippen LogP contribution >= 0.6 is 0 Å². The van der Waals surface area contributed by atoms with E-state index in [9.17, 15) is 5.11 Å². The van der Waals surface area contributed by atoms with Crippen molar-refractivity contribution in [2.24, 2.45) is 5.92 Å². The number of ether oxygens (including phenoxy) is 1. The summed E-state index contributed by atoms with van der Waals surface area (Å²) in [7, 11) is 2.09. The van der Waals surface area contributed by atoms with Crippen molar-refractivity contribution in [3.8, 4) is 17.1 Å². The highest BCUT2D eigenvalue weighted by Gasteiger charge is 2.19. The van der Waals surface area contributed by atoms with Crippen molar-refractivity contribution in [2.45, 2.75) is 19.8 Å². The summed E-state index contributed by atoms with van der Waals surface area (Å²) in [5.41, 5.74) is 2.71. The number of hydrogen-bond acceptors (Lipinski definition) is 5. The number of phenolic OH excluding ortho intramolecular Hbond substituents is 1. The zero-order chi connectivity index (χ0) is 18.8. The number of para-hydroxylation sites is 1. The number of aromatic hydroxyl groups is 1. The first-order valence-electron chi connectivity index (χ1n) is 9.47. The van der Waals surface area contributed by atoms with E-state index < -0.39 is 0 Å². The van der Waals surface area contributed by atoms with Crippen molar-refractivity contribution in [2.75, 3.05) is 31.7 Å². The minimum Gasteiger partial charge on any atom is -0.507 e. The molecule has 0 aliphatic carbocycles. The molecule has 0 unspecified atom stereocenters. The van der Waals surface area contributed by atoms with Gasteiger partial charge >= 0.3 is 0 Å². The molecule has 1 aliphatic heterocycles. The summed E-state index contributed by atoms with van der Waals surface area (Å²) in [6, 6.07) is 13.5. The van der Waals surface area contributed by atoms with Crippen LogP contribution in [0.4, 0.5) is 5.82 Å². The Balaban J connectivity index is 1.78. The standard InChI is InChI=1S/C22H25N3O2/c1-15-7-8-17-19(13-15)23-21(18-5-3-4-6-20(18)26)24-22(17)25(2)14-16-9-11-27-12-10-16/h3-8,13,16,26H,9-12,14H2,1-2H3. The summed E-state index contributed by atoms with van der Waals surface area (Å²) in [5.74, 6) is 2.26. The molecule has 4 rings (SSSR count). The van der Waals surface area contributed by atoms with Crippen molar-refractivity contribution < 1.29 is 9.84 Å². The van der Waals surface area contributed by atoms with Gasteiger partial charge in [-0.25, -0.2) is 9.97 Å². The number of fused-ring (bicyclic) bond motifs is 1. The lowest BCUT2D eigenvalue weighted by Gasteiger charge is -2.28. The van der Waals surface area contributed by atoms with E-state index in [4.69, 9.17) is 14.7 Å². The number of aromatic nitrogens is 2. The van der Waals surface area contributed by atoms with E-state index in [2.05, 4.69) is 37.1 Å². The average molecular weight is 363 g/mol. The lowest BCUT2D eigenvalue weighted by Crippen LogP contribution is -2.30. The summed E-state index contributed by atoms with van der Waals surface area (Å²) in [6.45, 7) is 4.67. The first-order chi connectivity index (χ1) is 13.1. The first kappa shape index (κ1) is 17.7. The molecule has 1 saturated heterocycles. The van der Waals surface area contributed by atoms with Gasteiger partial charge in [-0.1, -0.05) is 18.2 Å². The third-order valence-corrected chi connectivity index (χ3v) is 5.21. The van der Waals surface area contributed by atoms with E-state index in [1.807, 2.05) is 18.2 Å². The first-order valence-corrected chi connectivity index (χ1v) is 9.47. The molecular weight excluding hydrogens is 338 g/mol. The summed E-state index contributed by atoms with van der Waals surface area (Å²) in [4.78, 5) is 11.8. The van der Waals surface area contributed by atoms with Crippen molar-refractivity contribution in [1.29, 1.82) is 0 Å². The van der Waals surface area contributed by atoms with E-state index >= 15 is 0 Å². The van der Waals surface area contributed by atoms with Crippen LogP contribution in [0.1, 0.15) is 18.4 Å². The third kappa shape index (κ3) is 3.74. The Labute approximate surface area is 159 Å². The summed E-state index contributed by atoms with van der Waals surface area (Å²) >= 11 is 0. The van der Waals surface area contributed by atoms with Gasteiger partial charge in [-0.2, -0.15) is 0 Å². The second-order valence-corrected chi connectivity index (χ2v) is 7.34. The van der Waals surface area contributed by atoms with Crippen molar-refractivity contribution in [1.82, 2.24) is 9.97 Å². The number of rotatable bonds is 4. The maximum Gasteiger partial charge on any atom is 0.165 e. The predicted molar refractivity (Wildman–Crippen MR) is 108 cm³/mol. The van der Waals surface area contributed by atoms with Crippen LogP contribution in [0, 0.1) is 12.8 Å². The van der Waals surface area contributed by atoms with Crippen LogP contribution in [-0.4, -0.2) is 41.9 Å². The second kappa shape index (κ2) is 7.53. The molecule has 2 aromatic carbocycles. The number of nitrogens with zero attached hydrogens (tertiary/aromatic N) is 3. The highest BCUT2D eigenvalue weighted by Crippen LogP contribution is 2.32. The quantitative estimate of drug-likeness (QED) is 0.754. The highest BCUT2D eigenvalue weighted by atomic mass is 16.5. The molecule has 1 fully saturated rings. The summed E-state index contributed by atoms with van der Waals surface area (Å²) in [6.07, 6.45) is 2.16. The van der Waals surface area contributed by atoms with Crippen LogP contribution in [0.5, 0.6) is 5.75 Å². The minimum absolute atomic E-state index is 0.197. The Kier molecular flexibility index (Phi) is 4.94. The van der Waals surface area contributed by atoms with Gasteiger partial charge in [0.1, 0.15) is 11.6 Å². The van der Waals surface area contributed by atoms with Crippen LogP contribution in [0.25, 0.3) is 22.3 Å². The Bertz CT molecular complexity index is 951. The fraction of sp³-hybridized carbons (Fsp3) is 0.364. The van der Waals surface area contributed by atoms with E-state index in [0.717, 1.165) is 54.9 Å². The Hall–Kier alpha value is -2.66. The number of hydrogen-bond donors (Lipinski definition) is 1. The highest BCUT2D eigenvalue weighted by molar-refractivity contribution is 5.91. The maximum atomic E-state index is 10.3. The molecule has 2 heterocycles. The zero-order valence-electron chi connectivity index (χ0n) is 15.9. The largest absolute Gasteiger partial charge is 0.507 e. The molecule has 5 nitrogen and oxygen atoms in total. The number of benzene rings is 2. The van der Waals surface area contributed by atoms with Crippen molar-refractivity contribution in [3.63, 3.8) is 0 Å². The van der Waals surface area contributed by atoms with Crippen LogP contribution in [-0.2, 0) is 4.74 Å². The monoisotopic (exact) mass is 363 g/mol. The molecule has 1 aliphatic rings. The molecule has 0 saturated carbocycles. The Morgan fingerprint density at radius 2 is 1.89 bits per heavy atom. The van der Waals surface area contributed by atoms with E-state index in [0.29, 0.717) is 17.3 Å². The SMILES string of the molecule is Cc1ccc2c(N(C)CC3CCOCC3)nc(-c3ccccc3O)nc2c1. The van der Waals surface area contributed by atoms with Crippen LogP contribution in [0.15, 0.2) is 42.5 Å². The number of anilines is 1. The molecule has 5 heteroatoms. The topological polar surface area (TPSA) is 58.5 Å². The van der Waals surface area contributed by atoms with Crippen LogP contribution in [0.3, 0.4) is 0 Å². The van der Waals surface area contributed by atoms with Gasteiger partial charge in [-0.3, -0.25) is 0 Å². The molecule has 0 radical (unpaired) electrons. The molecule has 0 bridgehead atoms. The van der Waals surface area contributed by atoms with Crippen LogP contribution in [0.2, 0.25) is 0 Å². The van der Waals surface area contributed by atoms with Crippen LogP contribution < -0.4 is 4.90 Å². The Morgan fingerprint density at radius 1 is 1.11 bits per heavy atom. The molecule has 0 spiro atoms. The minimum atomic E-state index is 0.197. The fourth-order valence-electron chi connectivity index (χ4n) is 3.70. The molecule has 27 heavy (non-hydrogen) atoms. The Morgan fingerprint density at radius 3 is 2.67 bits per heavy atom. The second-order valence-electron chi connectivity index (χ2n) is 7.34. The third-order valence-electron chi connectivity index (χ3n) is 5.21. The van der Waals surface area contributed by atoms with Crippen molar-refractivity contribution >= 4 is 16.7 Å². The van der Waals surface area contributed by atoms with Gasteiger partial charge in [-0.15, -0.1) is 0 Å². The summed E-state index contributed by atoms with van der Waals surface area (Å²) in [5, 5.41) is 11.3. The van der Waals surface area contributed by atoms with Gasteiger partial charge in [0.15, 0.2) is 5.82 Å². The lowest BCUT2D eigenvalue weighted by atomic mass is 10.00. The fourth-order valence-corrected chi connectivity index (χ4v) is 3.70. The van der Waals surface area contributed by atoms with Gasteiger partial charge in [-0.05, 0) is 55.5 Å². The molecule has 0 amide bonds. The average Bonchev–Trinajstić information content (AvgIpc) is 2.68. The lowest BCUT2D eigenvalue weighted by molar-refractivity contribution is 0.0685. The number of aryl methyl sites for hydroxylation is 1. The predicted octanol–water partition coefficient (Wildman–Crippen LogP) is 4.17. The molecular formula is C22H25N3O2. The smallest absolute Gasteiger partial charge is 0.165 e. The van der Waals surface area contributed by atoms with E-state index in [-0.39, 0.29) is 5.75 Å². The normalized spacial score (nSPS) is 15.2.